The minimum atomic E-state index is 0.733. The molecule has 1 fully saturated rings. The highest BCUT2D eigenvalue weighted by Crippen LogP contribution is 2.37. The average molecular weight is 404 g/mol. The van der Waals surface area contributed by atoms with Crippen molar-refractivity contribution in [2.24, 2.45) is 5.92 Å². The molecule has 0 bridgehead atoms. The molecule has 0 spiro atoms. The van der Waals surface area contributed by atoms with Gasteiger partial charge in [0.1, 0.15) is 11.4 Å². The Kier molecular flexibility index (Phi) is 9.29. The fourth-order valence-electron chi connectivity index (χ4n) is 4.33. The molecule has 0 atom stereocenters. The monoisotopic (exact) mass is 403 g/mol. The van der Waals surface area contributed by atoms with Crippen molar-refractivity contribution in [3.05, 3.63) is 59.4 Å². The third-order valence-corrected chi connectivity index (χ3v) is 6.28. The predicted octanol–water partition coefficient (Wildman–Crippen LogP) is 7.51. The van der Waals surface area contributed by atoms with Crippen molar-refractivity contribution in [2.45, 2.75) is 84.0 Å². The van der Waals surface area contributed by atoms with Crippen molar-refractivity contribution in [3.8, 4) is 17.6 Å². The van der Waals surface area contributed by atoms with E-state index in [2.05, 4.69) is 54.9 Å². The summed E-state index contributed by atoms with van der Waals surface area (Å²) in [6.45, 7) is 5.25. The topological polar surface area (TPSA) is 22.1 Å². The lowest BCUT2D eigenvalue weighted by molar-refractivity contribution is 0.304. The van der Waals surface area contributed by atoms with Crippen LogP contribution < -0.4 is 4.74 Å². The lowest BCUT2D eigenvalue weighted by atomic mass is 9.77. The van der Waals surface area contributed by atoms with Crippen LogP contribution in [0.3, 0.4) is 0 Å². The molecule has 2 aromatic rings. The van der Waals surface area contributed by atoms with Crippen LogP contribution in [0.15, 0.2) is 42.6 Å². The second kappa shape index (κ2) is 12.4. The largest absolute Gasteiger partial charge is 0.492 e. The number of aromatic nitrogens is 1. The van der Waals surface area contributed by atoms with E-state index in [1.54, 1.807) is 6.20 Å². The van der Waals surface area contributed by atoms with Gasteiger partial charge < -0.3 is 4.74 Å². The summed E-state index contributed by atoms with van der Waals surface area (Å²) in [5.74, 6) is 8.94. The number of hydrogen-bond acceptors (Lipinski definition) is 2. The van der Waals surface area contributed by atoms with Crippen molar-refractivity contribution in [3.63, 3.8) is 0 Å². The molecule has 1 aromatic heterocycles. The number of pyridine rings is 1. The Bertz CT molecular complexity index is 789. The molecule has 0 unspecified atom stereocenters. The first-order valence-corrected chi connectivity index (χ1v) is 12.0. The molecule has 1 aromatic carbocycles. The van der Waals surface area contributed by atoms with Crippen LogP contribution in [0.5, 0.6) is 5.75 Å². The van der Waals surface area contributed by atoms with Gasteiger partial charge in [-0.3, -0.25) is 0 Å². The van der Waals surface area contributed by atoms with E-state index in [0.29, 0.717) is 0 Å². The zero-order valence-electron chi connectivity index (χ0n) is 18.8. The number of unbranched alkanes of at least 4 members (excludes halogenated alkanes) is 3. The van der Waals surface area contributed by atoms with Crippen LogP contribution in [0.1, 0.15) is 101 Å². The first kappa shape index (κ1) is 22.4. The van der Waals surface area contributed by atoms with Gasteiger partial charge in [0, 0.05) is 5.56 Å². The third-order valence-electron chi connectivity index (χ3n) is 6.28. The zero-order valence-corrected chi connectivity index (χ0v) is 18.8. The smallest absolute Gasteiger partial charge is 0.137 e. The minimum Gasteiger partial charge on any atom is -0.492 e. The molecule has 0 amide bonds. The van der Waals surface area contributed by atoms with Crippen molar-refractivity contribution >= 4 is 0 Å². The van der Waals surface area contributed by atoms with Gasteiger partial charge in [0.05, 0.1) is 12.8 Å². The van der Waals surface area contributed by atoms with Crippen LogP contribution in [0, 0.1) is 17.8 Å². The van der Waals surface area contributed by atoms with Crippen LogP contribution >= 0.6 is 0 Å². The molecule has 160 valence electrons. The number of ether oxygens (including phenoxy) is 1. The SMILES string of the molecule is CCCCCOc1ccc(C#Cc2ccc([C@H]3CC[C@H](CCCC)CC3)cc2)nc1. The zero-order chi connectivity index (χ0) is 21.0. The molecular formula is C28H37NO. The van der Waals surface area contributed by atoms with E-state index in [1.165, 1.54) is 63.4 Å². The van der Waals surface area contributed by atoms with Crippen molar-refractivity contribution in [1.82, 2.24) is 4.98 Å². The van der Waals surface area contributed by atoms with Gasteiger partial charge >= 0.3 is 0 Å². The first-order valence-electron chi connectivity index (χ1n) is 12.0. The van der Waals surface area contributed by atoms with Crippen molar-refractivity contribution < 1.29 is 4.74 Å². The van der Waals surface area contributed by atoms with Crippen molar-refractivity contribution in [1.29, 1.82) is 0 Å². The first-order chi connectivity index (χ1) is 14.8. The summed E-state index contributed by atoms with van der Waals surface area (Å²) in [5, 5.41) is 0. The summed E-state index contributed by atoms with van der Waals surface area (Å²) in [5.41, 5.74) is 3.32. The van der Waals surface area contributed by atoms with E-state index in [0.717, 1.165) is 41.9 Å². The quantitative estimate of drug-likeness (QED) is 0.319. The molecule has 30 heavy (non-hydrogen) atoms. The predicted molar refractivity (Wildman–Crippen MR) is 126 cm³/mol. The molecule has 0 radical (unpaired) electrons. The summed E-state index contributed by atoms with van der Waals surface area (Å²) in [7, 11) is 0. The molecule has 1 aliphatic rings. The van der Waals surface area contributed by atoms with E-state index in [9.17, 15) is 0 Å². The number of benzene rings is 1. The van der Waals surface area contributed by atoms with E-state index in [-0.39, 0.29) is 0 Å². The maximum Gasteiger partial charge on any atom is 0.137 e. The highest BCUT2D eigenvalue weighted by molar-refractivity contribution is 5.42. The Morgan fingerprint density at radius 1 is 0.867 bits per heavy atom. The van der Waals surface area contributed by atoms with Crippen LogP contribution in [-0.2, 0) is 0 Å². The van der Waals surface area contributed by atoms with Gasteiger partial charge in [-0.2, -0.15) is 0 Å². The molecule has 2 heteroatoms. The number of rotatable bonds is 9. The van der Waals surface area contributed by atoms with E-state index >= 15 is 0 Å². The van der Waals surface area contributed by atoms with Gasteiger partial charge in [-0.05, 0) is 79.7 Å². The van der Waals surface area contributed by atoms with Gasteiger partial charge in [-0.1, -0.05) is 64.0 Å². The Balaban J connectivity index is 1.49. The fourth-order valence-corrected chi connectivity index (χ4v) is 4.33. The number of nitrogens with zero attached hydrogens (tertiary/aromatic N) is 1. The molecule has 1 saturated carbocycles. The normalized spacial score (nSPS) is 18.5. The minimum absolute atomic E-state index is 0.733. The van der Waals surface area contributed by atoms with Gasteiger partial charge in [0.2, 0.25) is 0 Å². The number of hydrogen-bond donors (Lipinski definition) is 0. The molecule has 1 heterocycles. The molecule has 0 N–H and O–H groups in total. The van der Waals surface area contributed by atoms with E-state index in [1.807, 2.05) is 12.1 Å². The maximum absolute atomic E-state index is 5.71. The average Bonchev–Trinajstić information content (AvgIpc) is 2.81. The van der Waals surface area contributed by atoms with Crippen LogP contribution in [0.25, 0.3) is 0 Å². The van der Waals surface area contributed by atoms with Gasteiger partial charge in [-0.25, -0.2) is 4.98 Å². The second-order valence-electron chi connectivity index (χ2n) is 8.67. The molecular weight excluding hydrogens is 366 g/mol. The Morgan fingerprint density at radius 2 is 1.63 bits per heavy atom. The molecule has 0 saturated heterocycles. The lowest BCUT2D eigenvalue weighted by Gasteiger charge is -2.28. The van der Waals surface area contributed by atoms with E-state index < -0.39 is 0 Å². The van der Waals surface area contributed by atoms with E-state index in [4.69, 9.17) is 4.74 Å². The summed E-state index contributed by atoms with van der Waals surface area (Å²) in [4.78, 5) is 4.41. The molecule has 0 aliphatic heterocycles. The third kappa shape index (κ3) is 7.21. The second-order valence-corrected chi connectivity index (χ2v) is 8.67. The Hall–Kier alpha value is -2.27. The molecule has 3 rings (SSSR count). The molecule has 2 nitrogen and oxygen atoms in total. The standard InChI is InChI=1S/C28H37NO/c1-3-5-7-21-30-28-20-19-27(29-22-28)18-13-24-11-16-26(17-12-24)25-14-9-23(10-15-25)8-6-4-2/h11-12,16-17,19-20,22-23,25H,3-10,14-15,21H2,1-2H3/t23-,25-. The highest BCUT2D eigenvalue weighted by atomic mass is 16.5. The molecule has 1 aliphatic carbocycles. The summed E-state index contributed by atoms with van der Waals surface area (Å²) in [6, 6.07) is 12.8. The lowest BCUT2D eigenvalue weighted by Crippen LogP contribution is -2.13. The fraction of sp³-hybridized carbons (Fsp3) is 0.536. The van der Waals surface area contributed by atoms with Crippen LogP contribution in [-0.4, -0.2) is 11.6 Å². The van der Waals surface area contributed by atoms with Crippen LogP contribution in [0.2, 0.25) is 0 Å². The maximum atomic E-state index is 5.71. The summed E-state index contributed by atoms with van der Waals surface area (Å²) >= 11 is 0. The van der Waals surface area contributed by atoms with Crippen molar-refractivity contribution in [2.75, 3.05) is 6.61 Å². The van der Waals surface area contributed by atoms with Gasteiger partial charge in [0.25, 0.3) is 0 Å². The van der Waals surface area contributed by atoms with Gasteiger partial charge in [0.15, 0.2) is 0 Å². The van der Waals surface area contributed by atoms with Gasteiger partial charge in [-0.15, -0.1) is 0 Å². The Labute approximate surface area is 183 Å². The summed E-state index contributed by atoms with van der Waals surface area (Å²) < 4.78 is 5.71. The highest BCUT2D eigenvalue weighted by Gasteiger charge is 2.21. The summed E-state index contributed by atoms with van der Waals surface area (Å²) in [6.07, 6.45) is 14.9. The van der Waals surface area contributed by atoms with Crippen LogP contribution in [0.4, 0.5) is 0 Å². The Morgan fingerprint density at radius 3 is 2.30 bits per heavy atom.